The number of benzene rings is 1. The van der Waals surface area contributed by atoms with Gasteiger partial charge in [0.1, 0.15) is 0 Å². The van der Waals surface area contributed by atoms with Crippen molar-refractivity contribution in [1.82, 2.24) is 4.57 Å². The molecule has 0 spiro atoms. The fourth-order valence-electron chi connectivity index (χ4n) is 2.65. The van der Waals surface area contributed by atoms with E-state index in [-0.39, 0.29) is 10.7 Å². The molecule has 0 aliphatic carbocycles. The molecule has 1 aromatic carbocycles. The number of aliphatic hydroxyl groups is 1. The third-order valence-corrected chi connectivity index (χ3v) is 9.79. The molecule has 2 rings (SSSR count). The fraction of sp³-hybridized carbons (Fsp3) is 0.579. The van der Waals surface area contributed by atoms with Crippen molar-refractivity contribution in [2.75, 3.05) is 0 Å². The van der Waals surface area contributed by atoms with Crippen molar-refractivity contribution in [3.05, 3.63) is 33.9 Å². The van der Waals surface area contributed by atoms with E-state index in [1.807, 2.05) is 18.4 Å². The Hall–Kier alpha value is -1.86. The Bertz CT molecular complexity index is 821. The lowest BCUT2D eigenvalue weighted by Crippen LogP contribution is -2.44. The normalized spacial score (nSPS) is 13.8. The molecular formula is C19H30N2O4Si. The average Bonchev–Trinajstić information content (AvgIpc) is 2.78. The van der Waals surface area contributed by atoms with Gasteiger partial charge in [-0.25, -0.2) is 0 Å². The average molecular weight is 379 g/mol. The largest absolute Gasteiger partial charge is 0.532 e. The number of hydrogen-bond acceptors (Lipinski definition) is 4. The van der Waals surface area contributed by atoms with E-state index in [9.17, 15) is 15.2 Å². The summed E-state index contributed by atoms with van der Waals surface area (Å²) in [5.74, 6) is 0.722. The second-order valence-corrected chi connectivity index (χ2v) is 13.1. The SMILES string of the molecule is CC[C@H](O)Cn1c(O[Si](C)(C)C(C)(C)C)c(C)c2ccc([N+](=O)[O-])cc21. The van der Waals surface area contributed by atoms with Crippen LogP contribution >= 0.6 is 0 Å². The summed E-state index contributed by atoms with van der Waals surface area (Å²) in [6.07, 6.45) is 0.0683. The van der Waals surface area contributed by atoms with Gasteiger partial charge in [0.05, 0.1) is 23.1 Å². The highest BCUT2D eigenvalue weighted by Gasteiger charge is 2.40. The van der Waals surface area contributed by atoms with E-state index in [1.165, 1.54) is 6.07 Å². The third-order valence-electron chi connectivity index (χ3n) is 5.48. The summed E-state index contributed by atoms with van der Waals surface area (Å²) >= 11 is 0. The van der Waals surface area contributed by atoms with Gasteiger partial charge >= 0.3 is 0 Å². The topological polar surface area (TPSA) is 77.5 Å². The molecule has 0 saturated heterocycles. The lowest BCUT2D eigenvalue weighted by atomic mass is 10.2. The molecular weight excluding hydrogens is 348 g/mol. The number of aryl methyl sites for hydroxylation is 1. The van der Waals surface area contributed by atoms with Crippen LogP contribution in [0.25, 0.3) is 10.9 Å². The quantitative estimate of drug-likeness (QED) is 0.435. The molecule has 0 unspecified atom stereocenters. The number of rotatable bonds is 6. The third kappa shape index (κ3) is 3.78. The molecule has 0 saturated carbocycles. The summed E-state index contributed by atoms with van der Waals surface area (Å²) in [5.41, 5.74) is 1.74. The van der Waals surface area contributed by atoms with Gasteiger partial charge in [-0.05, 0) is 37.5 Å². The number of nitrogens with zero attached hydrogens (tertiary/aromatic N) is 2. The first-order valence-corrected chi connectivity index (χ1v) is 11.9. The number of aromatic nitrogens is 1. The lowest BCUT2D eigenvalue weighted by molar-refractivity contribution is -0.384. The molecule has 7 heteroatoms. The van der Waals surface area contributed by atoms with Crippen LogP contribution in [0.4, 0.5) is 5.69 Å². The fourth-order valence-corrected chi connectivity index (χ4v) is 3.70. The minimum atomic E-state index is -2.10. The van der Waals surface area contributed by atoms with Gasteiger partial charge in [0.25, 0.3) is 14.0 Å². The van der Waals surface area contributed by atoms with E-state index < -0.39 is 19.3 Å². The molecule has 0 aliphatic heterocycles. The van der Waals surface area contributed by atoms with Gasteiger partial charge in [-0.2, -0.15) is 0 Å². The zero-order chi connectivity index (χ0) is 19.9. The summed E-state index contributed by atoms with van der Waals surface area (Å²) in [5, 5.41) is 22.4. The zero-order valence-corrected chi connectivity index (χ0v) is 17.8. The van der Waals surface area contributed by atoms with Gasteiger partial charge in [-0.3, -0.25) is 10.1 Å². The molecule has 26 heavy (non-hydrogen) atoms. The van der Waals surface area contributed by atoms with E-state index in [0.717, 1.165) is 22.3 Å². The van der Waals surface area contributed by atoms with Crippen molar-refractivity contribution < 1.29 is 14.5 Å². The standard InChI is InChI=1S/C19H30N2O4Si/c1-8-15(22)12-20-17-11-14(21(23)24)9-10-16(17)13(2)18(20)25-26(6,7)19(3,4)5/h9-11,15,22H,8,12H2,1-7H3/t15-/m0/s1. The molecule has 1 N–H and O–H groups in total. The predicted molar refractivity (Wildman–Crippen MR) is 107 cm³/mol. The summed E-state index contributed by atoms with van der Waals surface area (Å²) < 4.78 is 8.49. The van der Waals surface area contributed by atoms with Gasteiger partial charge in [-0.1, -0.05) is 27.7 Å². The number of fused-ring (bicyclic) bond motifs is 1. The maximum atomic E-state index is 11.2. The van der Waals surface area contributed by atoms with Crippen LogP contribution in [0.15, 0.2) is 18.2 Å². The smallest absolute Gasteiger partial charge is 0.271 e. The van der Waals surface area contributed by atoms with Crippen molar-refractivity contribution in [2.45, 2.75) is 71.8 Å². The zero-order valence-electron chi connectivity index (χ0n) is 16.8. The first kappa shape index (κ1) is 20.4. The highest BCUT2D eigenvalue weighted by molar-refractivity contribution is 6.74. The summed E-state index contributed by atoms with van der Waals surface area (Å²) in [6.45, 7) is 15.1. The molecule has 144 valence electrons. The minimum Gasteiger partial charge on any atom is -0.532 e. The first-order valence-electron chi connectivity index (χ1n) is 9.03. The van der Waals surface area contributed by atoms with Crippen molar-refractivity contribution in [2.24, 2.45) is 0 Å². The molecule has 0 amide bonds. The minimum absolute atomic E-state index is 0.0239. The van der Waals surface area contributed by atoms with Crippen LogP contribution in [-0.2, 0) is 6.54 Å². The van der Waals surface area contributed by atoms with E-state index in [4.69, 9.17) is 4.43 Å². The van der Waals surface area contributed by atoms with Crippen molar-refractivity contribution in [1.29, 1.82) is 0 Å². The second kappa shape index (κ2) is 7.04. The summed E-state index contributed by atoms with van der Waals surface area (Å²) in [4.78, 5) is 10.8. The highest BCUT2D eigenvalue weighted by Crippen LogP contribution is 2.41. The first-order chi connectivity index (χ1) is 11.9. The maximum absolute atomic E-state index is 11.2. The number of nitro benzene ring substituents is 1. The van der Waals surface area contributed by atoms with Crippen LogP contribution in [0.5, 0.6) is 5.88 Å². The number of aliphatic hydroxyl groups excluding tert-OH is 1. The Morgan fingerprint density at radius 2 is 1.96 bits per heavy atom. The van der Waals surface area contributed by atoms with Crippen molar-refractivity contribution in [3.8, 4) is 5.88 Å². The molecule has 0 bridgehead atoms. The lowest BCUT2D eigenvalue weighted by Gasteiger charge is -2.37. The molecule has 0 radical (unpaired) electrons. The van der Waals surface area contributed by atoms with Gasteiger partial charge in [0.15, 0.2) is 5.88 Å². The molecule has 0 aliphatic rings. The molecule has 1 heterocycles. The highest BCUT2D eigenvalue weighted by atomic mass is 28.4. The van der Waals surface area contributed by atoms with Crippen molar-refractivity contribution in [3.63, 3.8) is 0 Å². The predicted octanol–water partition coefficient (Wildman–Crippen LogP) is 5.01. The Labute approximate surface area is 156 Å². The molecule has 6 nitrogen and oxygen atoms in total. The number of hydrogen-bond donors (Lipinski definition) is 1. The van der Waals surface area contributed by atoms with Crippen molar-refractivity contribution >= 4 is 24.9 Å². The van der Waals surface area contributed by atoms with Gasteiger partial charge < -0.3 is 14.1 Å². The monoisotopic (exact) mass is 378 g/mol. The van der Waals surface area contributed by atoms with E-state index in [1.54, 1.807) is 12.1 Å². The van der Waals surface area contributed by atoms with Crippen LogP contribution < -0.4 is 4.43 Å². The Morgan fingerprint density at radius 3 is 2.46 bits per heavy atom. The van der Waals surface area contributed by atoms with E-state index in [0.29, 0.717) is 13.0 Å². The van der Waals surface area contributed by atoms with Crippen LogP contribution in [-0.4, -0.2) is 29.0 Å². The van der Waals surface area contributed by atoms with Crippen LogP contribution in [0, 0.1) is 17.0 Å². The number of non-ortho nitro benzene ring substituents is 1. The summed E-state index contributed by atoms with van der Waals surface area (Å²) in [7, 11) is -2.10. The molecule has 2 aromatic rings. The van der Waals surface area contributed by atoms with Gasteiger partial charge in [0.2, 0.25) is 0 Å². The summed E-state index contributed by atoms with van der Waals surface area (Å²) in [6, 6.07) is 4.87. The molecule has 1 aromatic heterocycles. The van der Waals surface area contributed by atoms with Crippen LogP contribution in [0.2, 0.25) is 18.1 Å². The Kier molecular flexibility index (Phi) is 5.54. The Morgan fingerprint density at radius 1 is 1.35 bits per heavy atom. The van der Waals surface area contributed by atoms with Crippen LogP contribution in [0.1, 0.15) is 39.7 Å². The van der Waals surface area contributed by atoms with Gasteiger partial charge in [0, 0.05) is 23.1 Å². The van der Waals surface area contributed by atoms with Crippen LogP contribution in [0.3, 0.4) is 0 Å². The maximum Gasteiger partial charge on any atom is 0.271 e. The second-order valence-electron chi connectivity index (χ2n) is 8.42. The molecule has 0 fully saturated rings. The van der Waals surface area contributed by atoms with E-state index >= 15 is 0 Å². The van der Waals surface area contributed by atoms with Gasteiger partial charge in [-0.15, -0.1) is 0 Å². The van der Waals surface area contributed by atoms with E-state index in [2.05, 4.69) is 33.9 Å². The molecule has 1 atom stereocenters. The Balaban J connectivity index is 2.69. The number of nitro groups is 1.